The van der Waals surface area contributed by atoms with Gasteiger partial charge >= 0.3 is 33.6 Å². The normalized spacial score (nSPS) is 14.7. The van der Waals surface area contributed by atoms with E-state index < -0.39 is 91.5 Å². The second-order valence-corrected chi connectivity index (χ2v) is 32.5. The largest absolute Gasteiger partial charge is 0.472 e. The predicted octanol–water partition coefficient (Wildman–Crippen LogP) is 27.7. The molecule has 0 aliphatic rings. The smallest absolute Gasteiger partial charge is 0.463 e. The molecule has 0 aromatic heterocycles. The maximum atomic E-state index is 13.0. The van der Waals surface area contributed by atoms with Crippen molar-refractivity contribution in [2.75, 3.05) is 39.6 Å². The van der Waals surface area contributed by atoms with Crippen molar-refractivity contribution in [3.8, 4) is 0 Å². The van der Waals surface area contributed by atoms with Crippen LogP contribution >= 0.6 is 15.6 Å². The summed E-state index contributed by atoms with van der Waals surface area (Å²) in [5.41, 5.74) is 0. The molecule has 0 rings (SSSR count). The zero-order chi connectivity index (χ0) is 83.6. The molecular formula is C97H162O16P2. The van der Waals surface area contributed by atoms with Crippen LogP contribution in [0.5, 0.6) is 0 Å². The number of esters is 3. The molecule has 0 saturated heterocycles. The minimum atomic E-state index is -4.96. The van der Waals surface area contributed by atoms with Crippen LogP contribution in [-0.2, 0) is 55.8 Å². The molecule has 115 heavy (non-hydrogen) atoms. The fourth-order valence-electron chi connectivity index (χ4n) is 11.9. The minimum Gasteiger partial charge on any atom is -0.463 e. The van der Waals surface area contributed by atoms with E-state index in [9.17, 15) is 43.5 Å². The molecule has 5 atom stereocenters. The average molecular weight is 1650 g/mol. The van der Waals surface area contributed by atoms with Gasteiger partial charge in [-0.05, 0) is 148 Å². The number of rotatable bonds is 84. The molecule has 0 aromatic carbocycles. The number of allylic oxidation sites excluding steroid dienone is 30. The first-order valence-corrected chi connectivity index (χ1v) is 48.1. The van der Waals surface area contributed by atoms with Crippen LogP contribution in [0.4, 0.5) is 0 Å². The molecule has 0 radical (unpaired) electrons. The van der Waals surface area contributed by atoms with Crippen molar-refractivity contribution in [3.63, 3.8) is 0 Å². The lowest BCUT2D eigenvalue weighted by molar-refractivity contribution is -0.161. The molecule has 0 heterocycles. The first-order chi connectivity index (χ1) is 56.2. The Morgan fingerprint density at radius 3 is 0.713 bits per heavy atom. The van der Waals surface area contributed by atoms with Crippen LogP contribution in [0.2, 0.25) is 0 Å². The number of phosphoric ester groups is 2. The molecule has 4 N–H and O–H groups in total. The molecule has 0 aromatic rings. The van der Waals surface area contributed by atoms with Gasteiger partial charge in [0.25, 0.3) is 0 Å². The second kappa shape index (κ2) is 87.9. The Labute approximate surface area is 700 Å². The lowest BCUT2D eigenvalue weighted by Gasteiger charge is -2.21. The minimum absolute atomic E-state index is 0.0223. The molecule has 0 spiro atoms. The Bertz CT molecular complexity index is 2820. The highest BCUT2D eigenvalue weighted by molar-refractivity contribution is 7.47. The molecule has 0 saturated carbocycles. The van der Waals surface area contributed by atoms with E-state index in [0.717, 1.165) is 141 Å². The van der Waals surface area contributed by atoms with Gasteiger partial charge in [-0.3, -0.25) is 32.5 Å². The first kappa shape index (κ1) is 110. The summed E-state index contributed by atoms with van der Waals surface area (Å²) in [7, 11) is -9.83. The molecular weight excluding hydrogens is 1480 g/mol. The highest BCUT2D eigenvalue weighted by atomic mass is 31.2. The van der Waals surface area contributed by atoms with Gasteiger partial charge in [-0.2, -0.15) is 0 Å². The summed E-state index contributed by atoms with van der Waals surface area (Å²) < 4.78 is 61.3. The van der Waals surface area contributed by atoms with E-state index in [4.69, 9.17) is 32.3 Å². The van der Waals surface area contributed by atoms with Gasteiger partial charge in [0.15, 0.2) is 6.10 Å². The van der Waals surface area contributed by atoms with Crippen molar-refractivity contribution >= 4 is 33.6 Å². The Kier molecular flexibility index (Phi) is 83.9. The summed E-state index contributed by atoms with van der Waals surface area (Å²) in [5.74, 6) is -1.64. The number of hydrogen-bond donors (Lipinski definition) is 4. The van der Waals surface area contributed by atoms with Crippen LogP contribution in [0.15, 0.2) is 182 Å². The summed E-state index contributed by atoms with van der Waals surface area (Å²) in [5, 5.41) is 20.7. The van der Waals surface area contributed by atoms with Gasteiger partial charge in [-0.1, -0.05) is 370 Å². The number of aliphatic hydroxyl groups is 2. The SMILES string of the molecule is CC/C=C\C/C=C\C/C=C\C/C=C\C/C=C\CCCCCCCCCCCCCCCCCC(=O)OCC(O)COP(=O)(O)OCC(O)COP(=O)(O)OCC(COC(=O)CCCCCCCCCCCCCCCCC/C=C\C/C=C\C/C=C\C/C=C\C/C=C\CC)OC(=O)CCC/C=C\C/C=C\C/C=C\C/C=C\C/C=C\CC. The van der Waals surface area contributed by atoms with Crippen molar-refractivity contribution in [1.29, 1.82) is 0 Å². The summed E-state index contributed by atoms with van der Waals surface area (Å²) in [4.78, 5) is 58.9. The van der Waals surface area contributed by atoms with Gasteiger partial charge in [0.1, 0.15) is 25.4 Å². The van der Waals surface area contributed by atoms with Gasteiger partial charge in [-0.25, -0.2) is 9.13 Å². The second-order valence-electron chi connectivity index (χ2n) is 29.6. The number of carbonyl (C=O) groups is 3. The maximum Gasteiger partial charge on any atom is 0.472 e. The number of ether oxygens (including phenoxy) is 3. The van der Waals surface area contributed by atoms with E-state index in [2.05, 4.69) is 191 Å². The number of unbranched alkanes of at least 4 members (excludes halogenated alkanes) is 31. The molecule has 5 unspecified atom stereocenters. The monoisotopic (exact) mass is 1650 g/mol. The van der Waals surface area contributed by atoms with Crippen molar-refractivity contribution < 1.29 is 75.8 Å². The van der Waals surface area contributed by atoms with E-state index in [-0.39, 0.29) is 19.3 Å². The zero-order valence-corrected chi connectivity index (χ0v) is 73.9. The number of phosphoric acid groups is 2. The number of carbonyl (C=O) groups excluding carboxylic acids is 3. The fraction of sp³-hybridized carbons (Fsp3) is 0.660. The Morgan fingerprint density at radius 2 is 0.443 bits per heavy atom. The predicted molar refractivity (Wildman–Crippen MR) is 481 cm³/mol. The molecule has 0 aliphatic heterocycles. The molecule has 0 amide bonds. The van der Waals surface area contributed by atoms with Crippen LogP contribution in [0, 0.1) is 0 Å². The Hall–Kier alpha value is -5.35. The van der Waals surface area contributed by atoms with Gasteiger partial charge < -0.3 is 34.2 Å². The summed E-state index contributed by atoms with van der Waals surface area (Å²) in [6.45, 7) is 2.30. The number of aliphatic hydroxyl groups excluding tert-OH is 2. The van der Waals surface area contributed by atoms with E-state index in [0.29, 0.717) is 25.7 Å². The molecule has 0 bridgehead atoms. The standard InChI is InChI=1S/C97H162O16P2/c1-4-7-10-13-16-19-22-25-28-31-33-35-37-39-41-43-45-47-49-51-53-55-57-60-62-65-68-71-74-77-80-83-95(100)107-86-92(98)87-109-114(103,104)110-88-93(99)89-111-115(105,106)112-91-94(113-97(102)85-82-79-76-73-70-67-64-59-30-27-24-21-18-15-12-9-6-3)90-108-96(101)84-81-78-75-72-69-66-63-61-58-56-54-52-50-48-46-44-42-40-38-36-34-32-29-26-23-20-17-14-11-8-5-2/h7-12,16-21,25-30,33-36,39-42,64,67,73,76,92-94,98-99H,4-6,13-15,22-24,31-32,37-38,43-63,65-66,68-72,74-75,77-91H2,1-3H3,(H,103,104)(H,105,106)/b10-7-,11-8-,12-9-,19-16-,20-17-,21-18-,28-25-,29-26-,30-27-,35-33-,36-34-,41-39-,42-40-,67-64-,76-73-. The van der Waals surface area contributed by atoms with Crippen LogP contribution in [0.3, 0.4) is 0 Å². The first-order valence-electron chi connectivity index (χ1n) is 45.1. The lowest BCUT2D eigenvalue weighted by atomic mass is 10.0. The van der Waals surface area contributed by atoms with E-state index in [1.165, 1.54) is 148 Å². The topological polar surface area (TPSA) is 231 Å². The molecule has 0 fully saturated rings. The van der Waals surface area contributed by atoms with E-state index in [1.54, 1.807) is 0 Å². The van der Waals surface area contributed by atoms with Gasteiger partial charge in [0.05, 0.1) is 26.4 Å². The average Bonchev–Trinajstić information content (AvgIpc) is 0.903. The summed E-state index contributed by atoms with van der Waals surface area (Å²) in [6, 6.07) is 0. The quantitative estimate of drug-likeness (QED) is 0.0146. The third-order valence-electron chi connectivity index (χ3n) is 18.6. The van der Waals surface area contributed by atoms with Crippen molar-refractivity contribution in [1.82, 2.24) is 0 Å². The summed E-state index contributed by atoms with van der Waals surface area (Å²) in [6.07, 6.45) is 115. The van der Waals surface area contributed by atoms with E-state index >= 15 is 0 Å². The third-order valence-corrected chi connectivity index (χ3v) is 20.5. The lowest BCUT2D eigenvalue weighted by Crippen LogP contribution is -2.30. The highest BCUT2D eigenvalue weighted by Gasteiger charge is 2.29. The van der Waals surface area contributed by atoms with Crippen LogP contribution in [0.25, 0.3) is 0 Å². The molecule has 16 nitrogen and oxygen atoms in total. The van der Waals surface area contributed by atoms with Gasteiger partial charge in [0.2, 0.25) is 0 Å². The third kappa shape index (κ3) is 89.3. The van der Waals surface area contributed by atoms with Gasteiger partial charge in [0, 0.05) is 19.3 Å². The van der Waals surface area contributed by atoms with Crippen LogP contribution in [0.1, 0.15) is 355 Å². The van der Waals surface area contributed by atoms with Crippen LogP contribution < -0.4 is 0 Å². The molecule has 656 valence electrons. The summed E-state index contributed by atoms with van der Waals surface area (Å²) >= 11 is 0. The fourth-order valence-corrected chi connectivity index (χ4v) is 13.5. The molecule has 0 aliphatic carbocycles. The Balaban J connectivity index is 4.54. The molecule has 18 heteroatoms. The van der Waals surface area contributed by atoms with Crippen LogP contribution in [-0.4, -0.2) is 95.9 Å². The van der Waals surface area contributed by atoms with Crippen molar-refractivity contribution in [2.24, 2.45) is 0 Å². The van der Waals surface area contributed by atoms with E-state index in [1.807, 2.05) is 12.2 Å². The van der Waals surface area contributed by atoms with Crippen molar-refractivity contribution in [3.05, 3.63) is 182 Å². The van der Waals surface area contributed by atoms with Gasteiger partial charge in [-0.15, -0.1) is 0 Å². The number of hydrogen-bond acceptors (Lipinski definition) is 14. The van der Waals surface area contributed by atoms with Crippen molar-refractivity contribution in [2.45, 2.75) is 373 Å². The Morgan fingerprint density at radius 1 is 0.243 bits per heavy atom. The maximum absolute atomic E-state index is 13.0. The zero-order valence-electron chi connectivity index (χ0n) is 72.1. The highest BCUT2D eigenvalue weighted by Crippen LogP contribution is 2.45.